The van der Waals surface area contributed by atoms with Crippen molar-refractivity contribution in [3.63, 3.8) is 0 Å². The third-order valence-electron chi connectivity index (χ3n) is 1.62. The van der Waals surface area contributed by atoms with Crippen molar-refractivity contribution in [2.24, 2.45) is 0 Å². The molecule has 0 saturated carbocycles. The molecule has 0 radical (unpaired) electrons. The van der Waals surface area contributed by atoms with E-state index in [1.165, 1.54) is 0 Å². The maximum absolute atomic E-state index is 11.2. The second-order valence-corrected chi connectivity index (χ2v) is 3.61. The molecule has 0 aliphatic rings. The minimum Gasteiger partial charge on any atom is -0.338 e. The van der Waals surface area contributed by atoms with Crippen LogP contribution in [-0.4, -0.2) is 9.97 Å². The van der Waals surface area contributed by atoms with Crippen LogP contribution < -0.4 is 16.4 Å². The Kier molecular flexibility index (Phi) is 1.90. The van der Waals surface area contributed by atoms with Crippen LogP contribution in [0.4, 0.5) is 0 Å². The van der Waals surface area contributed by atoms with E-state index in [9.17, 15) is 4.79 Å². The molecule has 2 heterocycles. The summed E-state index contributed by atoms with van der Waals surface area (Å²) in [6.45, 7) is 3.60. The highest BCUT2D eigenvalue weighted by atomic mass is 32.1. The van der Waals surface area contributed by atoms with Gasteiger partial charge in [-0.1, -0.05) is 12.6 Å². The summed E-state index contributed by atoms with van der Waals surface area (Å²) in [5.41, 5.74) is 0.409. The van der Waals surface area contributed by atoms with Crippen molar-refractivity contribution < 1.29 is 0 Å². The maximum Gasteiger partial charge on any atom is 0.273 e. The third kappa shape index (κ3) is 1.62. The predicted octanol–water partition coefficient (Wildman–Crippen LogP) is 0.00360. The highest BCUT2D eigenvalue weighted by Crippen LogP contribution is 2.07. The summed E-state index contributed by atoms with van der Waals surface area (Å²) in [6, 6.07) is 3.90. The van der Waals surface area contributed by atoms with Gasteiger partial charge in [0.15, 0.2) is 0 Å². The summed E-state index contributed by atoms with van der Waals surface area (Å²) >= 11 is 1.59. The summed E-state index contributed by atoms with van der Waals surface area (Å²) < 4.78 is 0. The highest BCUT2D eigenvalue weighted by molar-refractivity contribution is 7.10. The molecule has 3 nitrogen and oxygen atoms in total. The van der Waals surface area contributed by atoms with E-state index in [-0.39, 0.29) is 5.56 Å². The fraction of sp³-hybridized carbons (Fsp3) is 0. The van der Waals surface area contributed by atoms with Gasteiger partial charge in [0.05, 0.1) is 0 Å². The first-order chi connectivity index (χ1) is 6.25. The van der Waals surface area contributed by atoms with Gasteiger partial charge in [-0.25, -0.2) is 0 Å². The van der Waals surface area contributed by atoms with Crippen LogP contribution in [0.5, 0.6) is 0 Å². The number of aromatic amines is 2. The van der Waals surface area contributed by atoms with Gasteiger partial charge in [0.2, 0.25) is 0 Å². The monoisotopic (exact) mass is 192 g/mol. The minimum absolute atomic E-state index is 0.126. The molecule has 0 bridgehead atoms. The average molecular weight is 192 g/mol. The Morgan fingerprint density at radius 1 is 1.46 bits per heavy atom. The van der Waals surface area contributed by atoms with Crippen molar-refractivity contribution in [2.45, 2.75) is 0 Å². The second-order valence-electron chi connectivity index (χ2n) is 2.63. The van der Waals surface area contributed by atoms with Gasteiger partial charge in [-0.2, -0.15) is 0 Å². The average Bonchev–Trinajstić information content (AvgIpc) is 2.63. The van der Waals surface area contributed by atoms with Gasteiger partial charge in [0.1, 0.15) is 10.8 Å². The lowest BCUT2D eigenvalue weighted by Crippen LogP contribution is -2.22. The highest BCUT2D eigenvalue weighted by Gasteiger charge is 1.92. The zero-order valence-electron chi connectivity index (χ0n) is 6.83. The fourth-order valence-corrected chi connectivity index (χ4v) is 1.73. The first kappa shape index (κ1) is 8.07. The molecule has 0 aliphatic carbocycles. The Labute approximate surface area is 78.1 Å². The topological polar surface area (TPSA) is 48.6 Å². The van der Waals surface area contributed by atoms with E-state index < -0.39 is 0 Å². The number of imidazole rings is 1. The first-order valence-electron chi connectivity index (χ1n) is 3.78. The van der Waals surface area contributed by atoms with Crippen molar-refractivity contribution in [1.82, 2.24) is 9.97 Å². The summed E-state index contributed by atoms with van der Waals surface area (Å²) in [7, 11) is 0. The smallest absolute Gasteiger partial charge is 0.273 e. The number of hydrogen-bond donors (Lipinski definition) is 2. The number of rotatable bonds is 1. The molecule has 4 heteroatoms. The molecule has 0 unspecified atom stereocenters. The van der Waals surface area contributed by atoms with Gasteiger partial charge in [-0.05, 0) is 17.5 Å². The zero-order valence-corrected chi connectivity index (χ0v) is 7.65. The third-order valence-corrected chi connectivity index (χ3v) is 2.44. The Hall–Kier alpha value is -1.55. The molecule has 0 atom stereocenters. The molecule has 0 fully saturated rings. The second kappa shape index (κ2) is 3.06. The molecular formula is C9H8N2OS. The molecule has 0 amide bonds. The predicted molar refractivity (Wildman–Crippen MR) is 54.1 cm³/mol. The molecular weight excluding hydrogens is 184 g/mol. The lowest BCUT2D eigenvalue weighted by molar-refractivity contribution is 1.19. The Balaban J connectivity index is 2.64. The molecule has 2 aromatic heterocycles. The number of nitrogens with one attached hydrogen (secondary N) is 2. The van der Waals surface area contributed by atoms with Crippen molar-refractivity contribution in [3.8, 4) is 0 Å². The summed E-state index contributed by atoms with van der Waals surface area (Å²) in [5, 5.41) is 2.51. The zero-order chi connectivity index (χ0) is 9.26. The van der Waals surface area contributed by atoms with E-state index in [2.05, 4.69) is 16.5 Å². The van der Waals surface area contributed by atoms with E-state index in [0.717, 1.165) is 4.88 Å². The number of H-pyrrole nitrogens is 2. The molecule has 13 heavy (non-hydrogen) atoms. The van der Waals surface area contributed by atoms with Gasteiger partial charge >= 0.3 is 0 Å². The van der Waals surface area contributed by atoms with Gasteiger partial charge < -0.3 is 9.97 Å². The van der Waals surface area contributed by atoms with Crippen molar-refractivity contribution in [1.29, 1.82) is 0 Å². The lowest BCUT2D eigenvalue weighted by atomic mass is 10.4. The molecule has 2 N–H and O–H groups in total. The van der Waals surface area contributed by atoms with Gasteiger partial charge in [-0.15, -0.1) is 11.3 Å². The van der Waals surface area contributed by atoms with Crippen LogP contribution in [0.25, 0.3) is 12.7 Å². The molecule has 2 rings (SSSR count). The van der Waals surface area contributed by atoms with Crippen LogP contribution in [0.1, 0.15) is 4.88 Å². The maximum atomic E-state index is 11.2. The van der Waals surface area contributed by atoms with E-state index in [1.807, 2.05) is 17.5 Å². The minimum atomic E-state index is -0.126. The van der Waals surface area contributed by atoms with Crippen LogP contribution >= 0.6 is 11.3 Å². The lowest BCUT2D eigenvalue weighted by Gasteiger charge is -1.77. The fourth-order valence-electron chi connectivity index (χ4n) is 1.07. The van der Waals surface area contributed by atoms with Crippen molar-refractivity contribution >= 4 is 24.0 Å². The van der Waals surface area contributed by atoms with Gasteiger partial charge in [0, 0.05) is 4.88 Å². The summed E-state index contributed by atoms with van der Waals surface area (Å²) in [6.07, 6.45) is 1.80. The molecule has 0 saturated heterocycles. The van der Waals surface area contributed by atoms with E-state index in [4.69, 9.17) is 0 Å². The van der Waals surface area contributed by atoms with E-state index in [0.29, 0.717) is 10.8 Å². The molecule has 0 aliphatic heterocycles. The number of thiophene rings is 1. The van der Waals surface area contributed by atoms with Crippen molar-refractivity contribution in [2.75, 3.05) is 0 Å². The van der Waals surface area contributed by atoms with Crippen LogP contribution in [0.3, 0.4) is 0 Å². The first-order valence-corrected chi connectivity index (χ1v) is 4.66. The van der Waals surface area contributed by atoms with Crippen LogP contribution in [-0.2, 0) is 0 Å². The van der Waals surface area contributed by atoms with Crippen LogP contribution in [0, 0.1) is 0 Å². The Morgan fingerprint density at radius 2 is 2.31 bits per heavy atom. The van der Waals surface area contributed by atoms with Crippen LogP contribution in [0.15, 0.2) is 22.3 Å². The number of hydrogen-bond acceptors (Lipinski definition) is 2. The Bertz CT molecular complexity index is 547. The van der Waals surface area contributed by atoms with Gasteiger partial charge in [0.25, 0.3) is 5.56 Å². The van der Waals surface area contributed by atoms with E-state index >= 15 is 0 Å². The quantitative estimate of drug-likeness (QED) is 0.656. The van der Waals surface area contributed by atoms with E-state index in [1.54, 1.807) is 17.4 Å². The molecule has 66 valence electrons. The largest absolute Gasteiger partial charge is 0.338 e. The van der Waals surface area contributed by atoms with Gasteiger partial charge in [-0.3, -0.25) is 4.79 Å². The Morgan fingerprint density at radius 3 is 2.85 bits per heavy atom. The van der Waals surface area contributed by atoms with Crippen molar-refractivity contribution in [3.05, 3.63) is 43.6 Å². The normalized spacial score (nSPS) is 12.2. The number of aromatic nitrogens is 2. The SMILES string of the molecule is C=c1[nH]c(=O)/c(=C/c2cccs2)[nH]1. The summed E-state index contributed by atoms with van der Waals surface area (Å²) in [5.74, 6) is 0. The molecule has 0 aromatic carbocycles. The van der Waals surface area contributed by atoms with Crippen LogP contribution in [0.2, 0.25) is 0 Å². The molecule has 0 spiro atoms. The summed E-state index contributed by atoms with van der Waals surface area (Å²) in [4.78, 5) is 17.7. The standard InChI is InChI=1S/C9H8N2OS/c1-6-10-8(9(12)11-6)5-7-3-2-4-13-7/h2-5,10H,1H2,(H,11,12)/b8-5-. The molecule has 2 aromatic rings.